The molecular weight excluding hydrogens is 300 g/mol. The van der Waals surface area contributed by atoms with E-state index >= 15 is 0 Å². The van der Waals surface area contributed by atoms with Crippen LogP contribution >= 0.6 is 0 Å². The van der Waals surface area contributed by atoms with Crippen LogP contribution in [0.5, 0.6) is 0 Å². The zero-order valence-electron chi connectivity index (χ0n) is 13.5. The summed E-state index contributed by atoms with van der Waals surface area (Å²) in [5, 5.41) is 8.98. The van der Waals surface area contributed by atoms with Gasteiger partial charge in [0.1, 0.15) is 0 Å². The third-order valence-corrected chi connectivity index (χ3v) is 4.26. The van der Waals surface area contributed by atoms with Gasteiger partial charge in [-0.2, -0.15) is 5.26 Å². The number of hydrogen-bond acceptors (Lipinski definition) is 3. The third-order valence-electron chi connectivity index (χ3n) is 4.26. The number of nitrogens with zero attached hydrogens (tertiary/aromatic N) is 2. The lowest BCUT2D eigenvalue weighted by atomic mass is 10.0. The summed E-state index contributed by atoms with van der Waals surface area (Å²) in [7, 11) is 0. The second-order valence-corrected chi connectivity index (χ2v) is 5.96. The van der Waals surface area contributed by atoms with E-state index in [1.54, 1.807) is 24.3 Å². The minimum Gasteiger partial charge on any atom is -0.375 e. The Balaban J connectivity index is 1.60. The molecule has 1 saturated heterocycles. The zero-order valence-corrected chi connectivity index (χ0v) is 13.5. The maximum absolute atomic E-state index is 12.6. The normalized spacial score (nSPS) is 17.3. The van der Waals surface area contributed by atoms with E-state index in [-0.39, 0.29) is 12.0 Å². The molecule has 3 rings (SSSR count). The molecule has 0 spiro atoms. The van der Waals surface area contributed by atoms with Gasteiger partial charge in [-0.15, -0.1) is 0 Å². The summed E-state index contributed by atoms with van der Waals surface area (Å²) in [4.78, 5) is 14.5. The number of ether oxygens (including phenoxy) is 1. The molecule has 2 aromatic rings. The number of hydrogen-bond donors (Lipinski definition) is 0. The van der Waals surface area contributed by atoms with Crippen LogP contribution in [-0.4, -0.2) is 36.6 Å². The van der Waals surface area contributed by atoms with Crippen molar-refractivity contribution in [2.24, 2.45) is 0 Å². The Kier molecular flexibility index (Phi) is 5.25. The number of carbonyl (C=O) groups excluding carboxylic acids is 1. The first-order chi connectivity index (χ1) is 11.8. The second kappa shape index (κ2) is 7.76. The number of rotatable bonds is 4. The van der Waals surface area contributed by atoms with E-state index in [2.05, 4.69) is 18.2 Å². The van der Waals surface area contributed by atoms with Crippen LogP contribution in [0.3, 0.4) is 0 Å². The monoisotopic (exact) mass is 320 g/mol. The van der Waals surface area contributed by atoms with E-state index in [9.17, 15) is 4.79 Å². The van der Waals surface area contributed by atoms with Crippen molar-refractivity contribution in [2.45, 2.75) is 18.9 Å². The molecule has 0 N–H and O–H groups in total. The Morgan fingerprint density at radius 3 is 2.83 bits per heavy atom. The Labute approximate surface area is 142 Å². The number of carbonyl (C=O) groups is 1. The van der Waals surface area contributed by atoms with E-state index in [1.807, 2.05) is 23.1 Å². The molecule has 1 fully saturated rings. The predicted molar refractivity (Wildman–Crippen MR) is 91.6 cm³/mol. The molecule has 1 aliphatic rings. The van der Waals surface area contributed by atoms with Crippen LogP contribution in [0.25, 0.3) is 0 Å². The van der Waals surface area contributed by atoms with E-state index in [1.165, 1.54) is 5.56 Å². The fourth-order valence-corrected chi connectivity index (χ4v) is 2.96. The zero-order chi connectivity index (χ0) is 16.8. The summed E-state index contributed by atoms with van der Waals surface area (Å²) in [6.07, 6.45) is 1.89. The van der Waals surface area contributed by atoms with Gasteiger partial charge < -0.3 is 9.64 Å². The fourth-order valence-electron chi connectivity index (χ4n) is 2.96. The molecule has 1 heterocycles. The SMILES string of the molecule is N#Cc1cccc(C(=O)N2CCOC(CCc3ccccc3)C2)c1. The van der Waals surface area contributed by atoms with E-state index in [0.29, 0.717) is 30.8 Å². The Morgan fingerprint density at radius 2 is 2.04 bits per heavy atom. The molecule has 0 saturated carbocycles. The maximum Gasteiger partial charge on any atom is 0.254 e. The molecule has 1 unspecified atom stereocenters. The molecule has 122 valence electrons. The summed E-state index contributed by atoms with van der Waals surface area (Å²) >= 11 is 0. The van der Waals surface area contributed by atoms with Crippen molar-refractivity contribution in [3.05, 3.63) is 71.3 Å². The lowest BCUT2D eigenvalue weighted by Crippen LogP contribution is -2.45. The predicted octanol–water partition coefficient (Wildman–Crippen LogP) is 3.03. The Morgan fingerprint density at radius 1 is 1.21 bits per heavy atom. The van der Waals surface area contributed by atoms with Gasteiger partial charge in [0.15, 0.2) is 0 Å². The van der Waals surface area contributed by atoms with Crippen LogP contribution < -0.4 is 0 Å². The van der Waals surface area contributed by atoms with Crippen molar-refractivity contribution in [3.63, 3.8) is 0 Å². The number of benzene rings is 2. The van der Waals surface area contributed by atoms with Crippen LogP contribution in [0.4, 0.5) is 0 Å². The van der Waals surface area contributed by atoms with Crippen LogP contribution in [0.2, 0.25) is 0 Å². The molecule has 2 aromatic carbocycles. The molecule has 24 heavy (non-hydrogen) atoms. The van der Waals surface area contributed by atoms with Gasteiger partial charge in [-0.3, -0.25) is 4.79 Å². The molecule has 0 bridgehead atoms. The number of aryl methyl sites for hydroxylation is 1. The fraction of sp³-hybridized carbons (Fsp3) is 0.300. The smallest absolute Gasteiger partial charge is 0.254 e. The van der Waals surface area contributed by atoms with Gasteiger partial charge in [-0.1, -0.05) is 36.4 Å². The topological polar surface area (TPSA) is 53.3 Å². The first-order valence-electron chi connectivity index (χ1n) is 8.21. The summed E-state index contributed by atoms with van der Waals surface area (Å²) < 4.78 is 5.81. The lowest BCUT2D eigenvalue weighted by molar-refractivity contribution is -0.0246. The summed E-state index contributed by atoms with van der Waals surface area (Å²) in [5.41, 5.74) is 2.36. The minimum atomic E-state index is -0.0277. The van der Waals surface area contributed by atoms with E-state index in [0.717, 1.165) is 12.8 Å². The van der Waals surface area contributed by atoms with E-state index < -0.39 is 0 Å². The largest absolute Gasteiger partial charge is 0.375 e. The highest BCUT2D eigenvalue weighted by molar-refractivity contribution is 5.94. The Bertz CT molecular complexity index is 737. The van der Waals surface area contributed by atoms with Gasteiger partial charge in [0.2, 0.25) is 0 Å². The van der Waals surface area contributed by atoms with Crippen LogP contribution in [0, 0.1) is 11.3 Å². The van der Waals surface area contributed by atoms with Crippen molar-refractivity contribution in [3.8, 4) is 6.07 Å². The molecular formula is C20H20N2O2. The van der Waals surface area contributed by atoms with Crippen molar-refractivity contribution in [1.82, 2.24) is 4.90 Å². The quantitative estimate of drug-likeness (QED) is 0.870. The van der Waals surface area contributed by atoms with Crippen molar-refractivity contribution < 1.29 is 9.53 Å². The van der Waals surface area contributed by atoms with Gasteiger partial charge in [0.25, 0.3) is 5.91 Å². The molecule has 1 amide bonds. The molecule has 0 aromatic heterocycles. The minimum absolute atomic E-state index is 0.0277. The second-order valence-electron chi connectivity index (χ2n) is 5.96. The van der Waals surface area contributed by atoms with Crippen molar-refractivity contribution >= 4 is 5.91 Å². The average Bonchev–Trinajstić information content (AvgIpc) is 2.67. The molecule has 4 nitrogen and oxygen atoms in total. The number of nitriles is 1. The molecule has 1 aliphatic heterocycles. The van der Waals surface area contributed by atoms with Gasteiger partial charge in [0, 0.05) is 18.7 Å². The highest BCUT2D eigenvalue weighted by Gasteiger charge is 2.25. The summed E-state index contributed by atoms with van der Waals surface area (Å²) in [6, 6.07) is 19.2. The number of morpholine rings is 1. The maximum atomic E-state index is 12.6. The van der Waals surface area contributed by atoms with Gasteiger partial charge in [0.05, 0.1) is 24.3 Å². The van der Waals surface area contributed by atoms with Gasteiger partial charge >= 0.3 is 0 Å². The lowest BCUT2D eigenvalue weighted by Gasteiger charge is -2.33. The number of amides is 1. The Hall–Kier alpha value is -2.64. The molecule has 0 aliphatic carbocycles. The van der Waals surface area contributed by atoms with Gasteiger partial charge in [-0.05, 0) is 36.6 Å². The summed E-state index contributed by atoms with van der Waals surface area (Å²) in [5.74, 6) is -0.0277. The summed E-state index contributed by atoms with van der Waals surface area (Å²) in [6.45, 7) is 1.75. The first kappa shape index (κ1) is 16.2. The molecule has 1 atom stereocenters. The standard InChI is InChI=1S/C20H20N2O2/c21-14-17-7-4-8-18(13-17)20(23)22-11-12-24-19(15-22)10-9-16-5-2-1-3-6-16/h1-8,13,19H,9-12,15H2. The average molecular weight is 320 g/mol. The third kappa shape index (κ3) is 4.01. The van der Waals surface area contributed by atoms with Crippen LogP contribution in [0.15, 0.2) is 54.6 Å². The van der Waals surface area contributed by atoms with E-state index in [4.69, 9.17) is 10.00 Å². The molecule has 4 heteroatoms. The van der Waals surface area contributed by atoms with Gasteiger partial charge in [-0.25, -0.2) is 0 Å². The first-order valence-corrected chi connectivity index (χ1v) is 8.21. The van der Waals surface area contributed by atoms with Crippen molar-refractivity contribution in [2.75, 3.05) is 19.7 Å². The van der Waals surface area contributed by atoms with Crippen LogP contribution in [-0.2, 0) is 11.2 Å². The molecule has 0 radical (unpaired) electrons. The highest BCUT2D eigenvalue weighted by atomic mass is 16.5. The van der Waals surface area contributed by atoms with Crippen LogP contribution in [0.1, 0.15) is 27.9 Å². The van der Waals surface area contributed by atoms with Crippen molar-refractivity contribution in [1.29, 1.82) is 5.26 Å². The highest BCUT2D eigenvalue weighted by Crippen LogP contribution is 2.15.